The summed E-state index contributed by atoms with van der Waals surface area (Å²) >= 11 is 0. The van der Waals surface area contributed by atoms with Gasteiger partial charge < -0.3 is 4.74 Å². The van der Waals surface area contributed by atoms with E-state index in [9.17, 15) is 0 Å². The van der Waals surface area contributed by atoms with Crippen LogP contribution < -0.4 is 0 Å². The molecular formula is C6H10N2O. The van der Waals surface area contributed by atoms with Crippen LogP contribution in [0.25, 0.3) is 0 Å². The molecule has 0 aliphatic carbocycles. The van der Waals surface area contributed by atoms with Crippen LogP contribution in [-0.2, 0) is 4.74 Å². The van der Waals surface area contributed by atoms with E-state index in [2.05, 4.69) is 16.7 Å². The van der Waals surface area contributed by atoms with Gasteiger partial charge in [0.15, 0.2) is 0 Å². The molecule has 0 spiro atoms. The van der Waals surface area contributed by atoms with Crippen molar-refractivity contribution >= 4 is 13.1 Å². The van der Waals surface area contributed by atoms with E-state index in [1.54, 1.807) is 20.2 Å². The van der Waals surface area contributed by atoms with Crippen LogP contribution in [-0.4, -0.2) is 20.2 Å². The molecule has 50 valence electrons. The van der Waals surface area contributed by atoms with Gasteiger partial charge in [-0.1, -0.05) is 0 Å². The maximum Gasteiger partial charge on any atom is 0.114 e. The lowest BCUT2D eigenvalue weighted by atomic mass is 10.6. The summed E-state index contributed by atoms with van der Waals surface area (Å²) in [7, 11) is 1.59. The van der Waals surface area contributed by atoms with Crippen molar-refractivity contribution in [1.29, 1.82) is 0 Å². The van der Waals surface area contributed by atoms with Crippen LogP contribution in [0.1, 0.15) is 6.92 Å². The predicted molar refractivity (Wildman–Crippen MR) is 38.8 cm³/mol. The van der Waals surface area contributed by atoms with Crippen LogP contribution in [0.15, 0.2) is 21.9 Å². The number of aliphatic imine (C=N–C) groups is 2. The minimum atomic E-state index is 0.745. The van der Waals surface area contributed by atoms with Gasteiger partial charge in [0.2, 0.25) is 0 Å². The van der Waals surface area contributed by atoms with Crippen molar-refractivity contribution in [3.63, 3.8) is 0 Å². The fourth-order valence-corrected chi connectivity index (χ4v) is 0.238. The predicted octanol–water partition coefficient (Wildman–Crippen LogP) is 1.22. The Balaban J connectivity index is 3.67. The molecule has 3 heteroatoms. The average Bonchev–Trinajstić information content (AvgIpc) is 1.89. The van der Waals surface area contributed by atoms with E-state index >= 15 is 0 Å². The number of rotatable bonds is 3. The Morgan fingerprint density at radius 3 is 2.78 bits per heavy atom. The summed E-state index contributed by atoms with van der Waals surface area (Å²) in [4.78, 5) is 7.12. The lowest BCUT2D eigenvalue weighted by molar-refractivity contribution is 0.292. The molecule has 0 N–H and O–H groups in total. The Bertz CT molecular complexity index is 138. The highest BCUT2D eigenvalue weighted by Crippen LogP contribution is 1.90. The molecule has 0 aromatic heterocycles. The third kappa shape index (κ3) is 4.74. The number of nitrogens with zero attached hydrogens (tertiary/aromatic N) is 2. The number of ether oxygens (including phenoxy) is 1. The minimum Gasteiger partial charge on any atom is -0.500 e. The van der Waals surface area contributed by atoms with Crippen LogP contribution in [0.3, 0.4) is 0 Å². The number of allylic oxidation sites excluding steroid dienone is 1. The van der Waals surface area contributed by atoms with Crippen molar-refractivity contribution in [1.82, 2.24) is 0 Å². The molecule has 0 aromatic rings. The quantitative estimate of drug-likeness (QED) is 0.318. The fourth-order valence-electron chi connectivity index (χ4n) is 0.238. The zero-order chi connectivity index (χ0) is 7.11. The first-order chi connectivity index (χ1) is 4.31. The van der Waals surface area contributed by atoms with E-state index in [4.69, 9.17) is 4.74 Å². The monoisotopic (exact) mass is 126 g/mol. The molecule has 0 unspecified atom stereocenters. The maximum absolute atomic E-state index is 4.78. The van der Waals surface area contributed by atoms with Crippen molar-refractivity contribution in [3.8, 4) is 0 Å². The molecule has 0 aliphatic rings. The standard InChI is InChI=1S/C6H10N2O/c1-6(9-3)4-8-5-7-2/h4-5H,2H2,1,3H3. The topological polar surface area (TPSA) is 34.0 Å². The van der Waals surface area contributed by atoms with E-state index in [1.165, 1.54) is 6.34 Å². The largest absolute Gasteiger partial charge is 0.500 e. The van der Waals surface area contributed by atoms with Crippen molar-refractivity contribution in [2.24, 2.45) is 9.98 Å². The molecule has 0 aromatic carbocycles. The molecule has 0 radical (unpaired) electrons. The molecule has 0 amide bonds. The van der Waals surface area contributed by atoms with Gasteiger partial charge in [0.1, 0.15) is 12.1 Å². The molecule has 0 bridgehead atoms. The van der Waals surface area contributed by atoms with Crippen LogP contribution in [0.2, 0.25) is 0 Å². The molecule has 0 saturated carbocycles. The van der Waals surface area contributed by atoms with E-state index < -0.39 is 0 Å². The highest BCUT2D eigenvalue weighted by molar-refractivity contribution is 5.62. The van der Waals surface area contributed by atoms with Crippen LogP contribution in [0, 0.1) is 0 Å². The van der Waals surface area contributed by atoms with E-state index in [1.807, 2.05) is 0 Å². The van der Waals surface area contributed by atoms with E-state index in [0.717, 1.165) is 5.76 Å². The average molecular weight is 126 g/mol. The Kier molecular flexibility index (Phi) is 4.40. The van der Waals surface area contributed by atoms with E-state index in [0.29, 0.717) is 0 Å². The van der Waals surface area contributed by atoms with Gasteiger partial charge >= 0.3 is 0 Å². The van der Waals surface area contributed by atoms with Gasteiger partial charge in [0.05, 0.1) is 13.3 Å². The fraction of sp³-hybridized carbons (Fsp3) is 0.333. The first-order valence-electron chi connectivity index (χ1n) is 2.49. The lowest BCUT2D eigenvalue weighted by Gasteiger charge is -1.92. The van der Waals surface area contributed by atoms with Gasteiger partial charge in [-0.05, 0) is 13.6 Å². The van der Waals surface area contributed by atoms with Gasteiger partial charge in [-0.3, -0.25) is 4.99 Å². The third-order valence-corrected chi connectivity index (χ3v) is 0.727. The summed E-state index contributed by atoms with van der Waals surface area (Å²) in [5.41, 5.74) is 0. The molecule has 0 fully saturated rings. The van der Waals surface area contributed by atoms with Crippen molar-refractivity contribution in [2.75, 3.05) is 7.11 Å². The lowest BCUT2D eigenvalue weighted by Crippen LogP contribution is -1.76. The van der Waals surface area contributed by atoms with Crippen molar-refractivity contribution in [2.45, 2.75) is 6.92 Å². The number of methoxy groups -OCH3 is 1. The highest BCUT2D eigenvalue weighted by atomic mass is 16.5. The summed E-state index contributed by atoms with van der Waals surface area (Å²) in [6.07, 6.45) is 2.91. The maximum atomic E-state index is 4.78. The summed E-state index contributed by atoms with van der Waals surface area (Å²) in [5.74, 6) is 0.745. The van der Waals surface area contributed by atoms with Crippen LogP contribution in [0.4, 0.5) is 0 Å². The van der Waals surface area contributed by atoms with Crippen molar-refractivity contribution < 1.29 is 4.74 Å². The van der Waals surface area contributed by atoms with Crippen molar-refractivity contribution in [3.05, 3.63) is 12.0 Å². The molecule has 0 atom stereocenters. The molecule has 0 heterocycles. The second-order valence-corrected chi connectivity index (χ2v) is 1.39. The molecular weight excluding hydrogens is 116 g/mol. The second-order valence-electron chi connectivity index (χ2n) is 1.39. The second kappa shape index (κ2) is 5.03. The number of hydrogen-bond acceptors (Lipinski definition) is 2. The first kappa shape index (κ1) is 7.88. The Hall–Kier alpha value is -1.12. The zero-order valence-corrected chi connectivity index (χ0v) is 5.66. The Labute approximate surface area is 54.8 Å². The summed E-state index contributed by atoms with van der Waals surface area (Å²) < 4.78 is 4.78. The summed E-state index contributed by atoms with van der Waals surface area (Å²) in [5, 5.41) is 0. The summed E-state index contributed by atoms with van der Waals surface area (Å²) in [6, 6.07) is 0. The number of hydrogen-bond donors (Lipinski definition) is 0. The normalized spacial score (nSPS) is 12.0. The summed E-state index contributed by atoms with van der Waals surface area (Å²) in [6.45, 7) is 5.02. The first-order valence-corrected chi connectivity index (χ1v) is 2.49. The smallest absolute Gasteiger partial charge is 0.114 e. The van der Waals surface area contributed by atoms with Gasteiger partial charge in [-0.2, -0.15) is 0 Å². The Morgan fingerprint density at radius 1 is 1.67 bits per heavy atom. The Morgan fingerprint density at radius 2 is 2.33 bits per heavy atom. The third-order valence-electron chi connectivity index (χ3n) is 0.727. The van der Waals surface area contributed by atoms with Gasteiger partial charge in [0.25, 0.3) is 0 Å². The molecule has 0 rings (SSSR count). The molecule has 3 nitrogen and oxygen atoms in total. The zero-order valence-electron chi connectivity index (χ0n) is 5.66. The highest BCUT2D eigenvalue weighted by Gasteiger charge is 1.76. The minimum absolute atomic E-state index is 0.745. The molecule has 9 heavy (non-hydrogen) atoms. The molecule has 0 saturated heterocycles. The van der Waals surface area contributed by atoms with Crippen LogP contribution in [0.5, 0.6) is 0 Å². The van der Waals surface area contributed by atoms with Crippen LogP contribution >= 0.6 is 0 Å². The van der Waals surface area contributed by atoms with Gasteiger partial charge in [-0.25, -0.2) is 4.99 Å². The van der Waals surface area contributed by atoms with Gasteiger partial charge in [-0.15, -0.1) is 0 Å². The molecule has 0 aliphatic heterocycles. The SMILES string of the molecule is C=NC=NC=C(C)OC. The van der Waals surface area contributed by atoms with Gasteiger partial charge in [0, 0.05) is 0 Å². The van der Waals surface area contributed by atoms with E-state index in [-0.39, 0.29) is 0 Å².